The molecule has 0 saturated carbocycles. The third kappa shape index (κ3) is 4.27. The highest BCUT2D eigenvalue weighted by molar-refractivity contribution is 5.95. The number of ether oxygens (including phenoxy) is 1. The van der Waals surface area contributed by atoms with Crippen LogP contribution in [0.3, 0.4) is 0 Å². The second-order valence-electron chi connectivity index (χ2n) is 5.72. The summed E-state index contributed by atoms with van der Waals surface area (Å²) < 4.78 is 46.1. The van der Waals surface area contributed by atoms with Gasteiger partial charge in [-0.25, -0.2) is 0 Å². The fourth-order valence-corrected chi connectivity index (χ4v) is 2.81. The number of rotatable bonds is 6. The molecule has 2 heterocycles. The second-order valence-corrected chi connectivity index (χ2v) is 5.72. The van der Waals surface area contributed by atoms with E-state index in [0.29, 0.717) is 39.1 Å². The molecule has 1 aromatic rings. The van der Waals surface area contributed by atoms with Crippen molar-refractivity contribution in [2.24, 2.45) is 5.73 Å². The van der Waals surface area contributed by atoms with Gasteiger partial charge in [0.2, 0.25) is 0 Å². The van der Waals surface area contributed by atoms with Crippen LogP contribution in [0.5, 0.6) is 0 Å². The maximum Gasteiger partial charge on any atom is 0.433 e. The van der Waals surface area contributed by atoms with Crippen molar-refractivity contribution in [3.8, 4) is 0 Å². The van der Waals surface area contributed by atoms with Gasteiger partial charge in [0.15, 0.2) is 5.69 Å². The predicted octanol–water partition coefficient (Wildman–Crippen LogP) is 1.89. The van der Waals surface area contributed by atoms with Crippen LogP contribution in [-0.4, -0.2) is 52.9 Å². The Bertz CT molecular complexity index is 551. The van der Waals surface area contributed by atoms with E-state index in [1.807, 2.05) is 0 Å². The van der Waals surface area contributed by atoms with E-state index in [0.717, 1.165) is 17.3 Å². The van der Waals surface area contributed by atoms with Gasteiger partial charge in [0, 0.05) is 26.2 Å². The van der Waals surface area contributed by atoms with Gasteiger partial charge in [-0.05, 0) is 32.7 Å². The molecule has 9 heteroatoms. The van der Waals surface area contributed by atoms with Gasteiger partial charge in [-0.15, -0.1) is 0 Å². The molecule has 6 nitrogen and oxygen atoms in total. The summed E-state index contributed by atoms with van der Waals surface area (Å²) in [6, 6.07) is 0. The van der Waals surface area contributed by atoms with Crippen molar-refractivity contribution in [1.29, 1.82) is 0 Å². The normalized spacial score (nSPS) is 16.6. The lowest BCUT2D eigenvalue weighted by Gasteiger charge is -2.32. The van der Waals surface area contributed by atoms with Crippen LogP contribution < -0.4 is 5.73 Å². The lowest BCUT2D eigenvalue weighted by molar-refractivity contribution is -0.144. The number of aromatic nitrogens is 2. The summed E-state index contributed by atoms with van der Waals surface area (Å²) in [5.74, 6) is -0.623. The van der Waals surface area contributed by atoms with Crippen LogP contribution in [0, 0.1) is 0 Å². The molecule has 1 aliphatic rings. The highest BCUT2D eigenvalue weighted by Crippen LogP contribution is 2.33. The molecule has 1 aliphatic heterocycles. The first kappa shape index (κ1) is 18.7. The van der Waals surface area contributed by atoms with Gasteiger partial charge in [-0.3, -0.25) is 9.48 Å². The van der Waals surface area contributed by atoms with Crippen LogP contribution in [0.2, 0.25) is 0 Å². The standard InChI is InChI=1S/C15H23F3N4O2/c1-2-22-13(15(16,17)18)12(10-20-22)14(23)21-7-4-11(5-8-21)24-9-3-6-19/h10-11H,2-9,19H2,1H3. The molecule has 136 valence electrons. The smallest absolute Gasteiger partial charge is 0.378 e. The zero-order chi connectivity index (χ0) is 17.7. The van der Waals surface area contributed by atoms with Gasteiger partial charge in [0.25, 0.3) is 5.91 Å². The number of hydrogen-bond donors (Lipinski definition) is 1. The van der Waals surface area contributed by atoms with E-state index in [-0.39, 0.29) is 18.2 Å². The van der Waals surface area contributed by atoms with E-state index >= 15 is 0 Å². The molecule has 0 atom stereocenters. The van der Waals surface area contributed by atoms with E-state index in [1.165, 1.54) is 4.90 Å². The van der Waals surface area contributed by atoms with Crippen LogP contribution in [0.1, 0.15) is 42.2 Å². The fraction of sp³-hybridized carbons (Fsp3) is 0.733. The zero-order valence-corrected chi connectivity index (χ0v) is 13.7. The summed E-state index contributed by atoms with van der Waals surface area (Å²) in [6.07, 6.45) is -1.58. The average Bonchev–Trinajstić information content (AvgIpc) is 2.99. The lowest BCUT2D eigenvalue weighted by atomic mass is 10.1. The predicted molar refractivity (Wildman–Crippen MR) is 81.5 cm³/mol. The van der Waals surface area contributed by atoms with Crippen molar-refractivity contribution >= 4 is 5.91 Å². The highest BCUT2D eigenvalue weighted by atomic mass is 19.4. The maximum atomic E-state index is 13.2. The summed E-state index contributed by atoms with van der Waals surface area (Å²) in [5.41, 5.74) is 4.04. The Hall–Kier alpha value is -1.61. The van der Waals surface area contributed by atoms with Crippen LogP contribution >= 0.6 is 0 Å². The number of nitrogens with zero attached hydrogens (tertiary/aromatic N) is 3. The van der Waals surface area contributed by atoms with E-state index in [9.17, 15) is 18.0 Å². The number of hydrogen-bond acceptors (Lipinski definition) is 4. The summed E-state index contributed by atoms with van der Waals surface area (Å²) in [7, 11) is 0. The Kier molecular flexibility index (Phi) is 6.22. The van der Waals surface area contributed by atoms with Crippen molar-refractivity contribution in [3.05, 3.63) is 17.5 Å². The number of carbonyl (C=O) groups is 1. The van der Waals surface area contributed by atoms with Crippen LogP contribution in [-0.2, 0) is 17.5 Å². The largest absolute Gasteiger partial charge is 0.433 e. The Morgan fingerprint density at radius 1 is 1.42 bits per heavy atom. The minimum Gasteiger partial charge on any atom is -0.378 e. The van der Waals surface area contributed by atoms with E-state index in [4.69, 9.17) is 10.5 Å². The first-order chi connectivity index (χ1) is 11.4. The molecule has 1 fully saturated rings. The van der Waals surface area contributed by atoms with Crippen LogP contribution in [0.25, 0.3) is 0 Å². The van der Waals surface area contributed by atoms with Gasteiger partial charge in [0.1, 0.15) is 0 Å². The molecule has 0 radical (unpaired) electrons. The van der Waals surface area contributed by atoms with Crippen LogP contribution in [0.4, 0.5) is 13.2 Å². The van der Waals surface area contributed by atoms with Gasteiger partial charge in [-0.1, -0.05) is 0 Å². The topological polar surface area (TPSA) is 73.4 Å². The Morgan fingerprint density at radius 3 is 2.62 bits per heavy atom. The SMILES string of the molecule is CCn1ncc(C(=O)N2CCC(OCCCN)CC2)c1C(F)(F)F. The summed E-state index contributed by atoms with van der Waals surface area (Å²) >= 11 is 0. The monoisotopic (exact) mass is 348 g/mol. The van der Waals surface area contributed by atoms with E-state index in [2.05, 4.69) is 5.10 Å². The first-order valence-electron chi connectivity index (χ1n) is 8.12. The van der Waals surface area contributed by atoms with E-state index in [1.54, 1.807) is 6.92 Å². The number of alkyl halides is 3. The van der Waals surface area contributed by atoms with Crippen molar-refractivity contribution < 1.29 is 22.7 Å². The molecule has 1 saturated heterocycles. The third-order valence-electron chi connectivity index (χ3n) is 4.07. The zero-order valence-electron chi connectivity index (χ0n) is 13.7. The number of nitrogens with two attached hydrogens (primary N) is 1. The van der Waals surface area contributed by atoms with Gasteiger partial charge in [-0.2, -0.15) is 18.3 Å². The molecule has 1 aromatic heterocycles. The molecule has 24 heavy (non-hydrogen) atoms. The first-order valence-corrected chi connectivity index (χ1v) is 8.12. The molecule has 1 amide bonds. The van der Waals surface area contributed by atoms with E-state index < -0.39 is 17.8 Å². The average molecular weight is 348 g/mol. The summed E-state index contributed by atoms with van der Waals surface area (Å²) in [4.78, 5) is 13.9. The van der Waals surface area contributed by atoms with Gasteiger partial charge >= 0.3 is 6.18 Å². The molecule has 0 unspecified atom stereocenters. The van der Waals surface area contributed by atoms with Gasteiger partial charge in [0.05, 0.1) is 17.9 Å². The third-order valence-corrected chi connectivity index (χ3v) is 4.07. The van der Waals surface area contributed by atoms with Crippen molar-refractivity contribution in [2.45, 2.75) is 45.0 Å². The minimum atomic E-state index is -4.61. The second kappa shape index (κ2) is 7.98. The lowest BCUT2D eigenvalue weighted by Crippen LogP contribution is -2.41. The van der Waals surface area contributed by atoms with Gasteiger partial charge < -0.3 is 15.4 Å². The molecule has 2 rings (SSSR count). The fourth-order valence-electron chi connectivity index (χ4n) is 2.81. The molecule has 0 bridgehead atoms. The highest BCUT2D eigenvalue weighted by Gasteiger charge is 2.41. The number of carbonyl (C=O) groups excluding carboxylic acids is 1. The Morgan fingerprint density at radius 2 is 2.08 bits per heavy atom. The number of aryl methyl sites for hydroxylation is 1. The minimum absolute atomic E-state index is 0.0288. The quantitative estimate of drug-likeness (QED) is 0.797. The molecule has 0 aliphatic carbocycles. The number of amides is 1. The summed E-state index contributed by atoms with van der Waals surface area (Å²) in [6.45, 7) is 3.48. The Labute approximate surface area is 138 Å². The number of halogens is 3. The molecular formula is C15H23F3N4O2. The molecule has 2 N–H and O–H groups in total. The number of likely N-dealkylation sites (tertiary alicyclic amines) is 1. The molecule has 0 aromatic carbocycles. The Balaban J connectivity index is 2.02. The van der Waals surface area contributed by atoms with Crippen molar-refractivity contribution in [3.63, 3.8) is 0 Å². The summed E-state index contributed by atoms with van der Waals surface area (Å²) in [5, 5.41) is 3.69. The molecular weight excluding hydrogens is 325 g/mol. The van der Waals surface area contributed by atoms with Crippen LogP contribution in [0.15, 0.2) is 6.20 Å². The van der Waals surface area contributed by atoms with Crippen molar-refractivity contribution in [2.75, 3.05) is 26.2 Å². The number of piperidine rings is 1. The maximum absolute atomic E-state index is 13.2. The van der Waals surface area contributed by atoms with Crippen molar-refractivity contribution in [1.82, 2.24) is 14.7 Å². The molecule has 0 spiro atoms.